The van der Waals surface area contributed by atoms with E-state index < -0.39 is 0 Å². The minimum Gasteiger partial charge on any atom is -0.396 e. The van der Waals surface area contributed by atoms with E-state index in [0.29, 0.717) is 25.6 Å². The summed E-state index contributed by atoms with van der Waals surface area (Å²) in [6.45, 7) is 9.72. The highest BCUT2D eigenvalue weighted by Gasteiger charge is 2.32. The highest BCUT2D eigenvalue weighted by molar-refractivity contribution is 5.80. The second kappa shape index (κ2) is 10.8. The van der Waals surface area contributed by atoms with Gasteiger partial charge in [-0.1, -0.05) is 33.1 Å². The molecule has 0 radical (unpaired) electrons. The first-order valence-corrected chi connectivity index (χ1v) is 12.6. The number of aryl methyl sites for hydroxylation is 2. The number of nitrogens with one attached hydrogen (secondary N) is 1. The first kappa shape index (κ1) is 24.5. The van der Waals surface area contributed by atoms with Gasteiger partial charge in [0.1, 0.15) is 0 Å². The van der Waals surface area contributed by atoms with Gasteiger partial charge in [-0.3, -0.25) is 9.69 Å². The number of nitrogens with zero attached hydrogens (tertiary/aromatic N) is 5. The Morgan fingerprint density at radius 2 is 1.88 bits per heavy atom. The summed E-state index contributed by atoms with van der Waals surface area (Å²) in [6, 6.07) is 6.45. The summed E-state index contributed by atoms with van der Waals surface area (Å²) in [5.74, 6) is 1.10. The maximum Gasteiger partial charge on any atom is 0.252 e. The lowest BCUT2D eigenvalue weighted by atomic mass is 9.94. The Morgan fingerprint density at radius 1 is 1.15 bits per heavy atom. The zero-order valence-corrected chi connectivity index (χ0v) is 20.9. The number of rotatable bonds is 9. The van der Waals surface area contributed by atoms with E-state index >= 15 is 0 Å². The molecule has 1 aromatic carbocycles. The second-order valence-electron chi connectivity index (χ2n) is 10.2. The second-order valence-corrected chi connectivity index (χ2v) is 10.2. The summed E-state index contributed by atoms with van der Waals surface area (Å²) < 4.78 is 2.03. The molecule has 3 aromatic rings. The van der Waals surface area contributed by atoms with Crippen molar-refractivity contribution in [2.24, 2.45) is 5.92 Å². The van der Waals surface area contributed by atoms with E-state index in [2.05, 4.69) is 59.2 Å². The molecule has 184 valence electrons. The first-order valence-electron chi connectivity index (χ1n) is 12.6. The largest absolute Gasteiger partial charge is 0.396 e. The van der Waals surface area contributed by atoms with Crippen molar-refractivity contribution in [2.75, 3.05) is 13.2 Å². The third-order valence-corrected chi connectivity index (χ3v) is 7.24. The van der Waals surface area contributed by atoms with Gasteiger partial charge in [-0.05, 0) is 84.2 Å². The molecule has 0 aliphatic heterocycles. The molecule has 0 amide bonds. The maximum absolute atomic E-state index is 13.1. The van der Waals surface area contributed by atoms with Crippen LogP contribution in [0.5, 0.6) is 0 Å². The molecule has 1 saturated carbocycles. The number of hydrogen-bond acceptors (Lipinski definition) is 6. The van der Waals surface area contributed by atoms with Crippen LogP contribution in [0.15, 0.2) is 23.0 Å². The quantitative estimate of drug-likeness (QED) is 0.490. The number of hydrogen-bond donors (Lipinski definition) is 2. The van der Waals surface area contributed by atoms with Crippen molar-refractivity contribution in [1.82, 2.24) is 30.1 Å². The molecule has 1 aliphatic carbocycles. The van der Waals surface area contributed by atoms with E-state index in [1.807, 2.05) is 16.8 Å². The molecular weight excluding hydrogens is 428 g/mol. The van der Waals surface area contributed by atoms with Crippen molar-refractivity contribution in [3.05, 3.63) is 51.1 Å². The van der Waals surface area contributed by atoms with Gasteiger partial charge in [0.2, 0.25) is 0 Å². The molecule has 2 N–H and O–H groups in total. The monoisotopic (exact) mass is 466 g/mol. The SMILES string of the molecule is Cc1cc2cc(CN(CCCO)C(c3nnnn3C3CCCCC3)C(C)C)c(=O)[nH]c2cc1C. The molecule has 0 saturated heterocycles. The number of fused-ring (bicyclic) bond motifs is 1. The number of H-pyrrole nitrogens is 1. The van der Waals surface area contributed by atoms with Crippen molar-refractivity contribution >= 4 is 10.9 Å². The normalized spacial score (nSPS) is 16.1. The van der Waals surface area contributed by atoms with Crippen LogP contribution in [0.25, 0.3) is 10.9 Å². The van der Waals surface area contributed by atoms with Gasteiger partial charge in [0, 0.05) is 30.8 Å². The Morgan fingerprint density at radius 3 is 2.59 bits per heavy atom. The first-order chi connectivity index (χ1) is 16.4. The highest BCUT2D eigenvalue weighted by atomic mass is 16.3. The van der Waals surface area contributed by atoms with Crippen molar-refractivity contribution in [3.8, 4) is 0 Å². The lowest BCUT2D eigenvalue weighted by Crippen LogP contribution is -2.37. The molecule has 0 spiro atoms. The van der Waals surface area contributed by atoms with Crippen LogP contribution in [-0.2, 0) is 6.54 Å². The van der Waals surface area contributed by atoms with Crippen LogP contribution < -0.4 is 5.56 Å². The topological polar surface area (TPSA) is 99.9 Å². The smallest absolute Gasteiger partial charge is 0.252 e. The number of aliphatic hydroxyl groups is 1. The van der Waals surface area contributed by atoms with Crippen molar-refractivity contribution in [3.63, 3.8) is 0 Å². The summed E-state index contributed by atoms with van der Waals surface area (Å²) in [5, 5.41) is 23.6. The fraction of sp³-hybridized carbons (Fsp3) is 0.615. The van der Waals surface area contributed by atoms with E-state index in [0.717, 1.165) is 40.7 Å². The Labute approximate surface area is 201 Å². The summed E-state index contributed by atoms with van der Waals surface area (Å²) in [7, 11) is 0. The Bertz CT molecular complexity index is 1160. The van der Waals surface area contributed by atoms with Crippen molar-refractivity contribution in [1.29, 1.82) is 0 Å². The zero-order valence-electron chi connectivity index (χ0n) is 20.9. The summed E-state index contributed by atoms with van der Waals surface area (Å²) in [4.78, 5) is 18.4. The van der Waals surface area contributed by atoms with Gasteiger partial charge >= 0.3 is 0 Å². The molecule has 2 heterocycles. The van der Waals surface area contributed by atoms with Crippen LogP contribution in [0.3, 0.4) is 0 Å². The zero-order chi connectivity index (χ0) is 24.2. The molecule has 0 bridgehead atoms. The van der Waals surface area contributed by atoms with Gasteiger partial charge in [-0.2, -0.15) is 0 Å². The van der Waals surface area contributed by atoms with Crippen LogP contribution in [0, 0.1) is 19.8 Å². The minimum absolute atomic E-state index is 0.0571. The molecule has 4 rings (SSSR count). The number of aromatic amines is 1. The van der Waals surface area contributed by atoms with Gasteiger partial charge in [0.05, 0.1) is 12.1 Å². The molecule has 1 fully saturated rings. The van der Waals surface area contributed by atoms with E-state index in [1.54, 1.807) is 0 Å². The summed E-state index contributed by atoms with van der Waals surface area (Å²) in [5.41, 5.74) is 3.87. The average Bonchev–Trinajstić information content (AvgIpc) is 3.29. The predicted molar refractivity (Wildman–Crippen MR) is 134 cm³/mol. The van der Waals surface area contributed by atoms with Gasteiger partial charge in [-0.25, -0.2) is 4.68 Å². The van der Waals surface area contributed by atoms with Gasteiger partial charge in [0.15, 0.2) is 5.82 Å². The van der Waals surface area contributed by atoms with Crippen molar-refractivity contribution < 1.29 is 5.11 Å². The fourth-order valence-electron chi connectivity index (χ4n) is 5.31. The number of aliphatic hydroxyl groups excluding tert-OH is 1. The van der Waals surface area contributed by atoms with Gasteiger partial charge in [0.25, 0.3) is 5.56 Å². The standard InChI is InChI=1S/C26H38N6O2/c1-17(2)24(25-28-29-30-32(25)22-9-6-5-7-10-22)31(11-8-12-33)16-21-15-20-13-18(3)19(4)14-23(20)27-26(21)34/h13-15,17,22,24,33H,5-12,16H2,1-4H3,(H,27,34). The Kier molecular flexibility index (Phi) is 7.78. The lowest BCUT2D eigenvalue weighted by molar-refractivity contribution is 0.118. The molecule has 2 aromatic heterocycles. The highest BCUT2D eigenvalue weighted by Crippen LogP contribution is 2.34. The predicted octanol–water partition coefficient (Wildman–Crippen LogP) is 4.22. The Hall–Kier alpha value is -2.58. The molecule has 1 atom stereocenters. The minimum atomic E-state index is -0.0702. The number of tetrazole rings is 1. The molecular formula is C26H38N6O2. The molecule has 34 heavy (non-hydrogen) atoms. The van der Waals surface area contributed by atoms with Crippen LogP contribution in [0.1, 0.15) is 87.0 Å². The fourth-order valence-corrected chi connectivity index (χ4v) is 5.31. The maximum atomic E-state index is 13.1. The van der Waals surface area contributed by atoms with Crippen LogP contribution in [-0.4, -0.2) is 48.3 Å². The average molecular weight is 467 g/mol. The van der Waals surface area contributed by atoms with Crippen LogP contribution in [0.4, 0.5) is 0 Å². The number of aromatic nitrogens is 5. The van der Waals surface area contributed by atoms with E-state index in [9.17, 15) is 9.90 Å². The number of pyridine rings is 1. The third kappa shape index (κ3) is 5.23. The molecule has 1 unspecified atom stereocenters. The van der Waals surface area contributed by atoms with E-state index in [1.165, 1.54) is 24.8 Å². The third-order valence-electron chi connectivity index (χ3n) is 7.24. The van der Waals surface area contributed by atoms with Crippen LogP contribution in [0.2, 0.25) is 0 Å². The Balaban J connectivity index is 1.70. The van der Waals surface area contributed by atoms with Crippen molar-refractivity contribution in [2.45, 2.75) is 84.8 Å². The lowest BCUT2D eigenvalue weighted by Gasteiger charge is -2.34. The molecule has 8 nitrogen and oxygen atoms in total. The number of benzene rings is 1. The van der Waals surface area contributed by atoms with Gasteiger partial charge < -0.3 is 10.1 Å². The van der Waals surface area contributed by atoms with Gasteiger partial charge in [-0.15, -0.1) is 5.10 Å². The molecule has 8 heteroatoms. The molecule has 1 aliphatic rings. The summed E-state index contributed by atoms with van der Waals surface area (Å²) in [6.07, 6.45) is 6.50. The summed E-state index contributed by atoms with van der Waals surface area (Å²) >= 11 is 0. The van der Waals surface area contributed by atoms with E-state index in [4.69, 9.17) is 0 Å². The van der Waals surface area contributed by atoms with E-state index in [-0.39, 0.29) is 24.1 Å². The van der Waals surface area contributed by atoms with Crippen LogP contribution >= 0.6 is 0 Å².